The summed E-state index contributed by atoms with van der Waals surface area (Å²) in [4.78, 5) is 18.0. The average molecular weight is 354 g/mol. The molecule has 0 atom stereocenters. The smallest absolute Gasteiger partial charge is 0.253 e. The SMILES string of the molecule is CN(CCc1ccncc1)C(=O)c1ccc(Cl)c(Br)c1. The van der Waals surface area contributed by atoms with Gasteiger partial charge in [0.25, 0.3) is 5.91 Å². The van der Waals surface area contributed by atoms with Gasteiger partial charge in [0.15, 0.2) is 0 Å². The van der Waals surface area contributed by atoms with Crippen LogP contribution < -0.4 is 0 Å². The van der Waals surface area contributed by atoms with E-state index >= 15 is 0 Å². The highest BCUT2D eigenvalue weighted by atomic mass is 79.9. The van der Waals surface area contributed by atoms with Crippen molar-refractivity contribution in [1.82, 2.24) is 9.88 Å². The van der Waals surface area contributed by atoms with Gasteiger partial charge in [0.1, 0.15) is 0 Å². The molecule has 0 radical (unpaired) electrons. The number of nitrogens with zero attached hydrogens (tertiary/aromatic N) is 2. The van der Waals surface area contributed by atoms with Gasteiger partial charge in [-0.25, -0.2) is 0 Å². The van der Waals surface area contributed by atoms with Crippen LogP contribution in [0.1, 0.15) is 15.9 Å². The molecule has 0 fully saturated rings. The maximum absolute atomic E-state index is 12.3. The third-order valence-electron chi connectivity index (χ3n) is 3.00. The number of halogens is 2. The second-order valence-electron chi connectivity index (χ2n) is 4.46. The van der Waals surface area contributed by atoms with Gasteiger partial charge in [-0.3, -0.25) is 9.78 Å². The largest absolute Gasteiger partial charge is 0.341 e. The van der Waals surface area contributed by atoms with Crippen LogP contribution in [-0.2, 0) is 6.42 Å². The van der Waals surface area contributed by atoms with Crippen LogP contribution >= 0.6 is 27.5 Å². The molecule has 0 bridgehead atoms. The second-order valence-corrected chi connectivity index (χ2v) is 5.72. The van der Waals surface area contributed by atoms with Crippen molar-refractivity contribution >= 4 is 33.4 Å². The van der Waals surface area contributed by atoms with Gasteiger partial charge in [0, 0.05) is 36.0 Å². The zero-order valence-electron chi connectivity index (χ0n) is 11.0. The molecule has 3 nitrogen and oxygen atoms in total. The Bertz CT molecular complexity index is 604. The summed E-state index contributed by atoms with van der Waals surface area (Å²) >= 11 is 9.26. The summed E-state index contributed by atoms with van der Waals surface area (Å²) in [5, 5.41) is 0.598. The van der Waals surface area contributed by atoms with Crippen molar-refractivity contribution in [1.29, 1.82) is 0 Å². The van der Waals surface area contributed by atoms with Crippen molar-refractivity contribution in [2.75, 3.05) is 13.6 Å². The van der Waals surface area contributed by atoms with Crippen LogP contribution in [0.2, 0.25) is 5.02 Å². The van der Waals surface area contributed by atoms with E-state index in [4.69, 9.17) is 11.6 Å². The number of carbonyl (C=O) groups excluding carboxylic acids is 1. The normalized spacial score (nSPS) is 10.3. The van der Waals surface area contributed by atoms with E-state index in [1.165, 1.54) is 0 Å². The van der Waals surface area contributed by atoms with E-state index in [0.717, 1.165) is 16.5 Å². The van der Waals surface area contributed by atoms with Crippen LogP contribution in [0.5, 0.6) is 0 Å². The topological polar surface area (TPSA) is 33.2 Å². The number of pyridine rings is 1. The molecular formula is C15H14BrClN2O. The molecule has 2 rings (SSSR count). The molecule has 1 aromatic carbocycles. The Balaban J connectivity index is 1.99. The molecule has 0 aliphatic carbocycles. The number of aromatic nitrogens is 1. The molecule has 1 aromatic heterocycles. The zero-order valence-corrected chi connectivity index (χ0v) is 13.4. The van der Waals surface area contributed by atoms with E-state index in [1.807, 2.05) is 12.1 Å². The molecule has 0 N–H and O–H groups in total. The standard InChI is InChI=1S/C15H14BrClN2O/c1-19(9-6-11-4-7-18-8-5-11)15(20)12-2-3-14(17)13(16)10-12/h2-5,7-8,10H,6,9H2,1H3. The predicted octanol–water partition coefficient (Wildman–Crippen LogP) is 3.81. The van der Waals surface area contributed by atoms with Gasteiger partial charge >= 0.3 is 0 Å². The van der Waals surface area contributed by atoms with Crippen LogP contribution in [0, 0.1) is 0 Å². The number of amides is 1. The lowest BCUT2D eigenvalue weighted by Gasteiger charge is -2.17. The summed E-state index contributed by atoms with van der Waals surface area (Å²) in [7, 11) is 1.80. The molecule has 0 aliphatic heterocycles. The first-order valence-corrected chi connectivity index (χ1v) is 7.34. The first-order valence-electron chi connectivity index (χ1n) is 6.17. The average Bonchev–Trinajstić information content (AvgIpc) is 2.48. The van der Waals surface area contributed by atoms with Crippen LogP contribution in [-0.4, -0.2) is 29.4 Å². The maximum atomic E-state index is 12.3. The Morgan fingerprint density at radius 2 is 2.00 bits per heavy atom. The lowest BCUT2D eigenvalue weighted by atomic mass is 10.1. The molecule has 0 spiro atoms. The maximum Gasteiger partial charge on any atom is 0.253 e. The molecule has 0 saturated carbocycles. The molecule has 20 heavy (non-hydrogen) atoms. The molecule has 1 heterocycles. The summed E-state index contributed by atoms with van der Waals surface area (Å²) in [6.07, 6.45) is 4.32. The quantitative estimate of drug-likeness (QED) is 0.837. The van der Waals surface area contributed by atoms with Crippen molar-refractivity contribution in [2.24, 2.45) is 0 Å². The van der Waals surface area contributed by atoms with Gasteiger partial charge < -0.3 is 4.90 Å². The lowest BCUT2D eigenvalue weighted by Crippen LogP contribution is -2.28. The zero-order chi connectivity index (χ0) is 14.5. The highest BCUT2D eigenvalue weighted by Crippen LogP contribution is 2.23. The van der Waals surface area contributed by atoms with Crippen LogP contribution in [0.15, 0.2) is 47.2 Å². The minimum absolute atomic E-state index is 0.0172. The molecule has 104 valence electrons. The fourth-order valence-corrected chi connectivity index (χ4v) is 2.29. The minimum Gasteiger partial charge on any atom is -0.341 e. The Kier molecular flexibility index (Phi) is 5.15. The third kappa shape index (κ3) is 3.81. The monoisotopic (exact) mass is 352 g/mol. The fraction of sp³-hybridized carbons (Fsp3) is 0.200. The second kappa shape index (κ2) is 6.86. The number of carbonyl (C=O) groups is 1. The van der Waals surface area contributed by atoms with Gasteiger partial charge in [0.05, 0.1) is 5.02 Å². The minimum atomic E-state index is -0.0172. The molecule has 0 unspecified atom stereocenters. The van der Waals surface area contributed by atoms with Gasteiger partial charge in [0.2, 0.25) is 0 Å². The van der Waals surface area contributed by atoms with Crippen LogP contribution in [0.3, 0.4) is 0 Å². The summed E-state index contributed by atoms with van der Waals surface area (Å²) in [5.41, 5.74) is 1.79. The van der Waals surface area contributed by atoms with Crippen molar-refractivity contribution < 1.29 is 4.79 Å². The number of hydrogen-bond acceptors (Lipinski definition) is 2. The Morgan fingerprint density at radius 1 is 1.30 bits per heavy atom. The van der Waals surface area contributed by atoms with E-state index < -0.39 is 0 Å². The number of likely N-dealkylation sites (N-methyl/N-ethyl adjacent to an activating group) is 1. The third-order valence-corrected chi connectivity index (χ3v) is 4.21. The van der Waals surface area contributed by atoms with Crippen molar-refractivity contribution in [2.45, 2.75) is 6.42 Å². The molecule has 2 aromatic rings. The van der Waals surface area contributed by atoms with Gasteiger partial charge in [-0.2, -0.15) is 0 Å². The molecule has 5 heteroatoms. The van der Waals surface area contributed by atoms with Gasteiger partial charge in [-0.1, -0.05) is 11.6 Å². The van der Waals surface area contributed by atoms with Crippen molar-refractivity contribution in [3.8, 4) is 0 Å². The first kappa shape index (κ1) is 15.0. The summed E-state index contributed by atoms with van der Waals surface area (Å²) in [6, 6.07) is 9.11. The Hall–Kier alpha value is -1.39. The van der Waals surface area contributed by atoms with Gasteiger partial charge in [-0.15, -0.1) is 0 Å². The summed E-state index contributed by atoms with van der Waals surface area (Å²) in [6.45, 7) is 0.656. The van der Waals surface area contributed by atoms with E-state index in [-0.39, 0.29) is 5.91 Å². The van der Waals surface area contributed by atoms with E-state index in [9.17, 15) is 4.79 Å². The summed E-state index contributed by atoms with van der Waals surface area (Å²) in [5.74, 6) is -0.0172. The number of rotatable bonds is 4. The van der Waals surface area contributed by atoms with Crippen LogP contribution in [0.4, 0.5) is 0 Å². The van der Waals surface area contributed by atoms with Crippen molar-refractivity contribution in [3.05, 3.63) is 63.3 Å². The van der Waals surface area contributed by atoms with E-state index in [2.05, 4.69) is 20.9 Å². The predicted molar refractivity (Wildman–Crippen MR) is 84.1 cm³/mol. The first-order chi connectivity index (χ1) is 9.58. The fourth-order valence-electron chi connectivity index (χ4n) is 1.80. The summed E-state index contributed by atoms with van der Waals surface area (Å²) < 4.78 is 0.729. The van der Waals surface area contributed by atoms with Gasteiger partial charge in [-0.05, 0) is 58.2 Å². The highest BCUT2D eigenvalue weighted by molar-refractivity contribution is 9.10. The highest BCUT2D eigenvalue weighted by Gasteiger charge is 2.12. The van der Waals surface area contributed by atoms with E-state index in [1.54, 1.807) is 42.5 Å². The van der Waals surface area contributed by atoms with E-state index in [0.29, 0.717) is 17.1 Å². The molecular weight excluding hydrogens is 340 g/mol. The Morgan fingerprint density at radius 3 is 2.65 bits per heavy atom. The number of hydrogen-bond donors (Lipinski definition) is 0. The van der Waals surface area contributed by atoms with Crippen molar-refractivity contribution in [3.63, 3.8) is 0 Å². The molecule has 0 saturated heterocycles. The number of benzene rings is 1. The van der Waals surface area contributed by atoms with Crippen LogP contribution in [0.25, 0.3) is 0 Å². The molecule has 1 amide bonds. The molecule has 0 aliphatic rings. The lowest BCUT2D eigenvalue weighted by molar-refractivity contribution is 0.0796. The Labute approximate surface area is 131 Å².